The molecular weight excluding hydrogens is 292 g/mol. The predicted molar refractivity (Wildman–Crippen MR) is 91.2 cm³/mol. The molecule has 0 saturated carbocycles. The molecule has 1 amide bonds. The molecule has 3 N–H and O–H groups in total. The molecule has 0 atom stereocenters. The number of hydrogen-bond donors (Lipinski definition) is 3. The van der Waals surface area contributed by atoms with Crippen LogP contribution in [0.2, 0.25) is 0 Å². The third-order valence-corrected chi connectivity index (χ3v) is 3.37. The third kappa shape index (κ3) is 3.08. The second-order valence-electron chi connectivity index (χ2n) is 4.96. The third-order valence-electron chi connectivity index (χ3n) is 3.37. The van der Waals surface area contributed by atoms with Gasteiger partial charge in [0.1, 0.15) is 17.3 Å². The quantitative estimate of drug-likeness (QED) is 0.675. The van der Waals surface area contributed by atoms with Crippen molar-refractivity contribution in [1.29, 1.82) is 0 Å². The number of rotatable bonds is 5. The van der Waals surface area contributed by atoms with Gasteiger partial charge in [-0.3, -0.25) is 4.79 Å². The Hall–Kier alpha value is -3.09. The number of para-hydroxylation sites is 1. The van der Waals surface area contributed by atoms with E-state index in [-0.39, 0.29) is 5.91 Å². The molecular formula is C16H18N6O. The molecule has 3 aromatic rings. The molecule has 2 aromatic heterocycles. The Morgan fingerprint density at radius 1 is 1.26 bits per heavy atom. The van der Waals surface area contributed by atoms with E-state index in [0.29, 0.717) is 23.6 Å². The molecule has 0 bridgehead atoms. The van der Waals surface area contributed by atoms with Crippen LogP contribution in [-0.4, -0.2) is 27.6 Å². The predicted octanol–water partition coefficient (Wildman–Crippen LogP) is 2.86. The summed E-state index contributed by atoms with van der Waals surface area (Å²) in [5.41, 5.74) is 2.10. The minimum absolute atomic E-state index is 0.0749. The fraction of sp³-hybridized carbons (Fsp3) is 0.188. The zero-order valence-electron chi connectivity index (χ0n) is 13.0. The molecule has 7 nitrogen and oxygen atoms in total. The number of anilines is 4. The second-order valence-corrected chi connectivity index (χ2v) is 4.96. The van der Waals surface area contributed by atoms with E-state index < -0.39 is 0 Å². The van der Waals surface area contributed by atoms with E-state index >= 15 is 0 Å². The highest BCUT2D eigenvalue weighted by atomic mass is 16.1. The van der Waals surface area contributed by atoms with Crippen molar-refractivity contribution in [2.45, 2.75) is 13.3 Å². The van der Waals surface area contributed by atoms with Crippen molar-refractivity contribution in [3.63, 3.8) is 0 Å². The Morgan fingerprint density at radius 2 is 2.04 bits per heavy atom. The Bertz CT molecular complexity index is 827. The Labute approximate surface area is 133 Å². The largest absolute Gasteiger partial charge is 0.373 e. The van der Waals surface area contributed by atoms with Crippen molar-refractivity contribution in [2.75, 3.05) is 23.0 Å². The monoisotopic (exact) mass is 310 g/mol. The maximum atomic E-state index is 11.6. The van der Waals surface area contributed by atoms with Gasteiger partial charge in [0.25, 0.3) is 0 Å². The standard InChI is InChI=1S/C16H18N6O/c1-3-15(23)20-12-10-18-22-14(17-2)9-13(21-16(12)22)19-11-7-5-4-6-8-11/h4-10,17H,3H2,1-2H3,(H,19,21)(H,20,23). The maximum Gasteiger partial charge on any atom is 0.224 e. The Kier molecular flexibility index (Phi) is 4.09. The molecule has 23 heavy (non-hydrogen) atoms. The number of hydrogen-bond acceptors (Lipinski definition) is 5. The molecule has 2 heterocycles. The minimum atomic E-state index is -0.0749. The molecule has 3 rings (SSSR count). The first-order chi connectivity index (χ1) is 11.2. The number of amides is 1. The van der Waals surface area contributed by atoms with E-state index in [0.717, 1.165) is 11.5 Å². The first-order valence-corrected chi connectivity index (χ1v) is 7.39. The number of nitrogens with zero attached hydrogens (tertiary/aromatic N) is 3. The van der Waals surface area contributed by atoms with Crippen LogP contribution < -0.4 is 16.0 Å². The van der Waals surface area contributed by atoms with Crippen LogP contribution in [-0.2, 0) is 4.79 Å². The van der Waals surface area contributed by atoms with Gasteiger partial charge in [-0.1, -0.05) is 25.1 Å². The van der Waals surface area contributed by atoms with Gasteiger partial charge in [0.05, 0.1) is 6.20 Å². The molecule has 0 radical (unpaired) electrons. The molecule has 7 heteroatoms. The lowest BCUT2D eigenvalue weighted by Gasteiger charge is -2.10. The highest BCUT2D eigenvalue weighted by Gasteiger charge is 2.12. The number of benzene rings is 1. The summed E-state index contributed by atoms with van der Waals surface area (Å²) in [6.45, 7) is 1.80. The molecule has 0 saturated heterocycles. The minimum Gasteiger partial charge on any atom is -0.373 e. The van der Waals surface area contributed by atoms with Crippen LogP contribution in [0.4, 0.5) is 23.0 Å². The smallest absolute Gasteiger partial charge is 0.224 e. The summed E-state index contributed by atoms with van der Waals surface area (Å²) < 4.78 is 1.65. The van der Waals surface area contributed by atoms with Gasteiger partial charge >= 0.3 is 0 Å². The van der Waals surface area contributed by atoms with E-state index in [4.69, 9.17) is 0 Å². The summed E-state index contributed by atoms with van der Waals surface area (Å²) in [5, 5.41) is 13.4. The lowest BCUT2D eigenvalue weighted by molar-refractivity contribution is -0.115. The SMILES string of the molecule is CCC(=O)Nc1cnn2c(NC)cc(Nc3ccccc3)nc12. The lowest BCUT2D eigenvalue weighted by Crippen LogP contribution is -2.10. The molecule has 118 valence electrons. The second kappa shape index (κ2) is 6.35. The molecule has 0 aliphatic rings. The van der Waals surface area contributed by atoms with Crippen molar-refractivity contribution in [3.8, 4) is 0 Å². The van der Waals surface area contributed by atoms with E-state index in [2.05, 4.69) is 26.0 Å². The summed E-state index contributed by atoms with van der Waals surface area (Å²) >= 11 is 0. The average Bonchev–Trinajstić information content (AvgIpc) is 2.98. The molecule has 0 fully saturated rings. The number of fused-ring (bicyclic) bond motifs is 1. The van der Waals surface area contributed by atoms with E-state index in [1.54, 1.807) is 17.6 Å². The van der Waals surface area contributed by atoms with Gasteiger partial charge < -0.3 is 16.0 Å². The number of carbonyl (C=O) groups is 1. The summed E-state index contributed by atoms with van der Waals surface area (Å²) in [7, 11) is 1.81. The van der Waals surface area contributed by atoms with Crippen molar-refractivity contribution in [1.82, 2.24) is 14.6 Å². The number of aromatic nitrogens is 3. The number of carbonyl (C=O) groups excluding carboxylic acids is 1. The van der Waals surface area contributed by atoms with Crippen LogP contribution in [0.3, 0.4) is 0 Å². The Morgan fingerprint density at radius 3 is 2.74 bits per heavy atom. The van der Waals surface area contributed by atoms with Gasteiger partial charge in [0.15, 0.2) is 5.65 Å². The van der Waals surface area contributed by atoms with Crippen LogP contribution in [0, 0.1) is 0 Å². The van der Waals surface area contributed by atoms with Crippen LogP contribution in [0.1, 0.15) is 13.3 Å². The Balaban J connectivity index is 2.02. The van der Waals surface area contributed by atoms with Crippen LogP contribution in [0.15, 0.2) is 42.6 Å². The van der Waals surface area contributed by atoms with Crippen LogP contribution >= 0.6 is 0 Å². The normalized spacial score (nSPS) is 10.5. The molecule has 0 aliphatic carbocycles. The number of nitrogens with one attached hydrogen (secondary N) is 3. The lowest BCUT2D eigenvalue weighted by atomic mass is 10.3. The first kappa shape index (κ1) is 14.8. The summed E-state index contributed by atoms with van der Waals surface area (Å²) in [4.78, 5) is 16.2. The van der Waals surface area contributed by atoms with Gasteiger partial charge in [-0.25, -0.2) is 4.98 Å². The fourth-order valence-electron chi connectivity index (χ4n) is 2.20. The zero-order chi connectivity index (χ0) is 16.2. The highest BCUT2D eigenvalue weighted by Crippen LogP contribution is 2.24. The van der Waals surface area contributed by atoms with Gasteiger partial charge in [0.2, 0.25) is 5.91 Å². The van der Waals surface area contributed by atoms with Crippen LogP contribution in [0.5, 0.6) is 0 Å². The van der Waals surface area contributed by atoms with E-state index in [1.807, 2.05) is 43.4 Å². The van der Waals surface area contributed by atoms with Crippen molar-refractivity contribution in [3.05, 3.63) is 42.6 Å². The first-order valence-electron chi connectivity index (χ1n) is 7.39. The van der Waals surface area contributed by atoms with Gasteiger partial charge in [-0.15, -0.1) is 0 Å². The van der Waals surface area contributed by atoms with Crippen molar-refractivity contribution < 1.29 is 4.79 Å². The molecule has 0 spiro atoms. The van der Waals surface area contributed by atoms with Gasteiger partial charge in [-0.05, 0) is 12.1 Å². The van der Waals surface area contributed by atoms with Crippen molar-refractivity contribution >= 4 is 34.6 Å². The fourth-order valence-corrected chi connectivity index (χ4v) is 2.20. The van der Waals surface area contributed by atoms with E-state index in [1.165, 1.54) is 0 Å². The summed E-state index contributed by atoms with van der Waals surface area (Å²) in [6, 6.07) is 11.6. The van der Waals surface area contributed by atoms with Gasteiger partial charge in [-0.2, -0.15) is 9.61 Å². The van der Waals surface area contributed by atoms with Crippen molar-refractivity contribution in [2.24, 2.45) is 0 Å². The molecule has 0 aliphatic heterocycles. The highest BCUT2D eigenvalue weighted by molar-refractivity contribution is 5.94. The summed E-state index contributed by atoms with van der Waals surface area (Å²) in [5.74, 6) is 1.36. The van der Waals surface area contributed by atoms with E-state index in [9.17, 15) is 4.79 Å². The topological polar surface area (TPSA) is 83.4 Å². The molecule has 1 aromatic carbocycles. The maximum absolute atomic E-state index is 11.6. The zero-order valence-corrected chi connectivity index (χ0v) is 13.0. The van der Waals surface area contributed by atoms with Gasteiger partial charge in [0, 0.05) is 25.2 Å². The summed E-state index contributed by atoms with van der Waals surface area (Å²) in [6.07, 6.45) is 2.00. The molecule has 0 unspecified atom stereocenters. The average molecular weight is 310 g/mol. The van der Waals surface area contributed by atoms with Crippen LogP contribution in [0.25, 0.3) is 5.65 Å².